The number of sulfonamides is 1. The number of rotatable bonds is 8. The van der Waals surface area contributed by atoms with Crippen LogP contribution in [-0.4, -0.2) is 182 Å². The van der Waals surface area contributed by atoms with Crippen molar-refractivity contribution in [2.45, 2.75) is 93.6 Å². The Kier molecular flexibility index (Phi) is 18.8. The van der Waals surface area contributed by atoms with E-state index in [4.69, 9.17) is 34.8 Å². The molecule has 5 amide bonds. The van der Waals surface area contributed by atoms with Gasteiger partial charge in [-0.1, -0.05) is 65.8 Å². The summed E-state index contributed by atoms with van der Waals surface area (Å²) >= 11 is 18.5. The van der Waals surface area contributed by atoms with Crippen LogP contribution in [0.1, 0.15) is 88.2 Å². The molecule has 7 N–H and O–H groups in total. The summed E-state index contributed by atoms with van der Waals surface area (Å²) in [4.78, 5) is 57.4. The van der Waals surface area contributed by atoms with Gasteiger partial charge in [0.2, 0.25) is 15.9 Å². The molecule has 9 aromatic rings. The van der Waals surface area contributed by atoms with Gasteiger partial charge in [-0.25, -0.2) is 13.2 Å². The molecule has 1 saturated carbocycles. The van der Waals surface area contributed by atoms with Gasteiger partial charge in [-0.15, -0.1) is 0 Å². The highest BCUT2D eigenvalue weighted by Crippen LogP contribution is 2.40. The van der Waals surface area contributed by atoms with Crippen molar-refractivity contribution in [3.05, 3.63) is 130 Å². The Labute approximate surface area is 541 Å². The third-order valence-electron chi connectivity index (χ3n) is 18.5. The summed E-state index contributed by atoms with van der Waals surface area (Å²) in [6.45, 7) is 11.5. The van der Waals surface area contributed by atoms with Crippen molar-refractivity contribution in [3.8, 4) is 0 Å². The van der Waals surface area contributed by atoms with E-state index in [2.05, 4.69) is 78.3 Å². The molecule has 5 saturated heterocycles. The molecule has 4 aromatic heterocycles. The molecule has 9 heterocycles. The summed E-state index contributed by atoms with van der Waals surface area (Å²) in [7, 11) is -3.42. The number of carbonyl (C=O) groups excluding carboxylic acids is 4. The van der Waals surface area contributed by atoms with Gasteiger partial charge in [0.05, 0.1) is 51.7 Å². The lowest BCUT2D eigenvalue weighted by Gasteiger charge is -2.38. The predicted molar refractivity (Wildman–Crippen MR) is 354 cm³/mol. The highest BCUT2D eigenvalue weighted by atomic mass is 35.5. The lowest BCUT2D eigenvalue weighted by molar-refractivity contribution is -0.139. The summed E-state index contributed by atoms with van der Waals surface area (Å²) in [6, 6.07) is 24.2. The number of carbonyl (C=O) groups is 4. The largest absolute Gasteiger partial charge is 0.384 e. The fourth-order valence-corrected chi connectivity index (χ4v) is 15.7. The first-order valence-electron chi connectivity index (χ1n) is 30.9. The standard InChI is InChI=1S/C18H18ClN3O2S.C18H24N4O.C14H14ClN5O2.C14H17ClN4O2/c19-14-10-16(17-12-20-21-18(17)11-14)13-6-8-22(9-7-13)25(23,24)15-4-2-1-3-5-15;1-13(23)21-6-8-22(9-7-21)18-11-15(14-4-2-3-5-14)10-17-16(18)12-19-20-17;15-8-5-10-9(7-16-19-10)11(6-8)20-3-1-14(2-4-20)12(21)17-13(22)18-14;1-9(20)14(21)19-4-2-18(3-5-19)13-7-10(15)6-12-11(13)8-16-17-12/h1-5,10-13H,6-9H2,(H,20,21);10-12,14H,2-9H2,1H3,(H,19,20);5-7H,1-4H2,(H,16,19)(H2,17,18,21,22);6-9,20H,2-5H2,1H3,(H,16,17). The van der Waals surface area contributed by atoms with Crippen molar-refractivity contribution in [3.63, 3.8) is 0 Å². The summed E-state index contributed by atoms with van der Waals surface area (Å²) in [5.41, 5.74) is 8.97. The molecule has 6 aliphatic rings. The number of amides is 5. The molecule has 0 bridgehead atoms. The number of piperidine rings is 2. The molecule has 23 nitrogen and oxygen atoms in total. The number of aliphatic hydroxyl groups excluding tert-OH is 1. The molecule has 91 heavy (non-hydrogen) atoms. The van der Waals surface area contributed by atoms with Crippen LogP contribution in [-0.2, 0) is 24.4 Å². The molecule has 15 rings (SSSR count). The van der Waals surface area contributed by atoms with Gasteiger partial charge in [-0.3, -0.25) is 40.1 Å². The van der Waals surface area contributed by atoms with Crippen LogP contribution >= 0.6 is 34.8 Å². The Bertz CT molecular complexity index is 4220. The summed E-state index contributed by atoms with van der Waals surface area (Å²) in [5.74, 6) is 0.713. The first kappa shape index (κ1) is 63.2. The summed E-state index contributed by atoms with van der Waals surface area (Å²) < 4.78 is 27.1. The van der Waals surface area contributed by atoms with Crippen molar-refractivity contribution >= 4 is 129 Å². The van der Waals surface area contributed by atoms with Crippen LogP contribution in [0.25, 0.3) is 43.6 Å². The van der Waals surface area contributed by atoms with Crippen molar-refractivity contribution in [1.29, 1.82) is 0 Å². The van der Waals surface area contributed by atoms with Crippen LogP contribution in [0.5, 0.6) is 0 Å². The van der Waals surface area contributed by atoms with E-state index in [0.717, 1.165) is 94.2 Å². The van der Waals surface area contributed by atoms with E-state index in [1.165, 1.54) is 49.2 Å². The number of imide groups is 1. The number of aliphatic hydroxyl groups is 1. The number of hydrogen-bond donors (Lipinski definition) is 7. The number of urea groups is 1. The number of fused-ring (bicyclic) bond motifs is 4. The van der Waals surface area contributed by atoms with Crippen LogP contribution in [0, 0.1) is 0 Å². The fraction of sp³-hybridized carbons (Fsp3) is 0.406. The monoisotopic (exact) mass is 1310 g/mol. The van der Waals surface area contributed by atoms with E-state index in [0.29, 0.717) is 91.1 Å². The summed E-state index contributed by atoms with van der Waals surface area (Å²) in [6.07, 6.45) is 14.3. The number of aromatic nitrogens is 8. The second-order valence-electron chi connectivity index (χ2n) is 24.1. The maximum atomic E-state index is 12.7. The number of nitrogens with zero attached hydrogens (tertiary/aromatic N) is 10. The van der Waals surface area contributed by atoms with E-state index < -0.39 is 27.7 Å². The Hall–Kier alpha value is -8.00. The molecule has 1 spiro atoms. The highest BCUT2D eigenvalue weighted by Gasteiger charge is 2.48. The average molecular weight is 1320 g/mol. The van der Waals surface area contributed by atoms with Gasteiger partial charge in [0.1, 0.15) is 11.6 Å². The van der Waals surface area contributed by atoms with Gasteiger partial charge in [-0.05, 0) is 129 Å². The molecule has 6 fully saturated rings. The lowest BCUT2D eigenvalue weighted by Crippen LogP contribution is -2.54. The number of aromatic amines is 4. The molecule has 1 unspecified atom stereocenters. The third-order valence-corrected chi connectivity index (χ3v) is 21.1. The van der Waals surface area contributed by atoms with Crippen molar-refractivity contribution < 1.29 is 32.7 Å². The number of hydrogen-bond acceptors (Lipinski definition) is 14. The maximum absolute atomic E-state index is 12.7. The number of halogens is 3. The van der Waals surface area contributed by atoms with E-state index in [-0.39, 0.29) is 23.6 Å². The van der Waals surface area contributed by atoms with Crippen LogP contribution in [0.15, 0.2) is 109 Å². The fourth-order valence-electron chi connectivity index (χ4n) is 13.6. The van der Waals surface area contributed by atoms with Crippen LogP contribution < -0.4 is 25.3 Å². The number of nitrogens with one attached hydrogen (secondary N) is 6. The van der Waals surface area contributed by atoms with E-state index in [9.17, 15) is 32.7 Å². The summed E-state index contributed by atoms with van der Waals surface area (Å²) in [5, 5.41) is 49.1. The molecule has 27 heteroatoms. The quantitative estimate of drug-likeness (QED) is 0.0698. The predicted octanol–water partition coefficient (Wildman–Crippen LogP) is 9.31. The second-order valence-corrected chi connectivity index (χ2v) is 27.4. The van der Waals surface area contributed by atoms with Crippen molar-refractivity contribution in [2.24, 2.45) is 0 Å². The highest BCUT2D eigenvalue weighted by molar-refractivity contribution is 7.89. The van der Waals surface area contributed by atoms with Gasteiger partial charge in [0.15, 0.2) is 0 Å². The van der Waals surface area contributed by atoms with E-state index in [1.54, 1.807) is 52.8 Å². The third kappa shape index (κ3) is 13.7. The minimum Gasteiger partial charge on any atom is -0.384 e. The van der Waals surface area contributed by atoms with Crippen molar-refractivity contribution in [2.75, 3.05) is 93.2 Å². The molecule has 5 aromatic carbocycles. The number of benzene rings is 5. The Morgan fingerprint density at radius 1 is 0.571 bits per heavy atom. The minimum absolute atomic E-state index is 0.179. The zero-order valence-corrected chi connectivity index (χ0v) is 53.7. The average Bonchev–Trinajstić information content (AvgIpc) is 1.78. The van der Waals surface area contributed by atoms with Crippen LogP contribution in [0.3, 0.4) is 0 Å². The van der Waals surface area contributed by atoms with Gasteiger partial charge >= 0.3 is 6.03 Å². The van der Waals surface area contributed by atoms with Gasteiger partial charge < -0.3 is 34.9 Å². The molecular formula is C64H73Cl3N16O7S. The Morgan fingerprint density at radius 2 is 1.03 bits per heavy atom. The zero-order chi connectivity index (χ0) is 63.6. The van der Waals surface area contributed by atoms with Gasteiger partial charge in [0.25, 0.3) is 11.8 Å². The molecule has 5 aliphatic heterocycles. The number of anilines is 3. The Morgan fingerprint density at radius 3 is 1.53 bits per heavy atom. The molecule has 478 valence electrons. The molecule has 0 radical (unpaired) electrons. The second kappa shape index (κ2) is 27.1. The maximum Gasteiger partial charge on any atom is 0.322 e. The first-order chi connectivity index (χ1) is 43.9. The van der Waals surface area contributed by atoms with Crippen LogP contribution in [0.2, 0.25) is 15.1 Å². The Balaban J connectivity index is 0.000000117. The van der Waals surface area contributed by atoms with Gasteiger partial charge in [0, 0.05) is 139 Å². The number of piperazine rings is 2. The lowest BCUT2D eigenvalue weighted by atomic mass is 9.87. The molecule has 1 aliphatic carbocycles. The van der Waals surface area contributed by atoms with Gasteiger partial charge in [-0.2, -0.15) is 24.7 Å². The zero-order valence-electron chi connectivity index (χ0n) is 50.6. The van der Waals surface area contributed by atoms with Crippen LogP contribution in [0.4, 0.5) is 21.9 Å². The van der Waals surface area contributed by atoms with E-state index >= 15 is 0 Å². The van der Waals surface area contributed by atoms with E-state index in [1.807, 2.05) is 59.8 Å². The smallest absolute Gasteiger partial charge is 0.322 e. The SMILES string of the molecule is CC(=O)N1CCN(c2cc(C3CCCC3)cc3[nH]ncc23)CC1.CC(O)C(=O)N1CCN(c2cc(Cl)cc3[nH]ncc23)CC1.O=C1NC(=O)C2(CCN(c3cc(Cl)cc4[nH]ncc34)CC2)N1.O=S(=O)(c1ccccc1)N1CCC(c2cc(Cl)cc3[nH]ncc23)CC1. The number of H-pyrrole nitrogens is 4. The first-order valence-corrected chi connectivity index (χ1v) is 33.5. The molecular weight excluding hydrogens is 1240 g/mol. The normalized spacial score (nSPS) is 18.6. The van der Waals surface area contributed by atoms with Crippen molar-refractivity contribution in [1.82, 2.24) is 65.5 Å². The minimum atomic E-state index is -3.42. The topological polar surface area (TPSA) is 281 Å². The molecule has 1 atom stereocenters.